The monoisotopic (exact) mass is 368 g/mol. The van der Waals surface area contributed by atoms with Crippen molar-refractivity contribution in [2.75, 3.05) is 18.9 Å². The van der Waals surface area contributed by atoms with Crippen LogP contribution in [0, 0.1) is 0 Å². The van der Waals surface area contributed by atoms with Crippen LogP contribution in [-0.2, 0) is 4.79 Å². The molecule has 0 radical (unpaired) electrons. The summed E-state index contributed by atoms with van der Waals surface area (Å²) in [7, 11) is 1.83. The van der Waals surface area contributed by atoms with Crippen LogP contribution < -0.4 is 5.32 Å². The summed E-state index contributed by atoms with van der Waals surface area (Å²) in [6.07, 6.45) is 2.24. The van der Waals surface area contributed by atoms with Gasteiger partial charge in [-0.2, -0.15) is 4.98 Å². The molecule has 1 aromatic carbocycles. The molecular weight excluding hydrogens is 351 g/mol. The van der Waals surface area contributed by atoms with Gasteiger partial charge in [0.15, 0.2) is 5.82 Å². The van der Waals surface area contributed by atoms with Gasteiger partial charge in [0.2, 0.25) is 11.8 Å². The van der Waals surface area contributed by atoms with E-state index in [0.717, 1.165) is 18.7 Å². The Bertz CT molecular complexity index is 745. The average Bonchev–Trinajstić information content (AvgIpc) is 3.27. The van der Waals surface area contributed by atoms with Crippen molar-refractivity contribution < 1.29 is 9.32 Å². The normalized spacial score (nSPS) is 15.5. The molecule has 1 aliphatic rings. The molecule has 1 unspecified atom stereocenters. The third-order valence-electron chi connectivity index (χ3n) is 4.01. The minimum absolute atomic E-state index is 0.149. The molecule has 6 nitrogen and oxygen atoms in total. The van der Waals surface area contributed by atoms with E-state index < -0.39 is 0 Å². The number of aromatic nitrogens is 2. The number of rotatable bonds is 6. The van der Waals surface area contributed by atoms with Gasteiger partial charge in [-0.25, -0.2) is 0 Å². The van der Waals surface area contributed by atoms with Gasteiger partial charge >= 0.3 is 0 Å². The molecule has 1 saturated carbocycles. The van der Waals surface area contributed by atoms with Gasteiger partial charge in [0.05, 0.1) is 22.6 Å². The van der Waals surface area contributed by atoms with Gasteiger partial charge in [-0.1, -0.05) is 28.4 Å². The maximum Gasteiger partial charge on any atom is 0.243 e. The largest absolute Gasteiger partial charge is 0.338 e. The molecule has 0 bridgehead atoms. The molecule has 1 heterocycles. The number of amides is 1. The number of carbonyl (C=O) groups is 1. The van der Waals surface area contributed by atoms with Gasteiger partial charge in [0, 0.05) is 11.6 Å². The van der Waals surface area contributed by atoms with Gasteiger partial charge in [0.25, 0.3) is 0 Å². The molecule has 1 aliphatic carbocycles. The van der Waals surface area contributed by atoms with Crippen LogP contribution >= 0.6 is 23.2 Å². The Balaban J connectivity index is 1.57. The predicted octanol–water partition coefficient (Wildman–Crippen LogP) is 3.89. The van der Waals surface area contributed by atoms with Crippen molar-refractivity contribution in [3.05, 3.63) is 40.0 Å². The molecule has 3 rings (SSSR count). The minimum atomic E-state index is -0.162. The Morgan fingerprint density at radius 2 is 2.17 bits per heavy atom. The first-order valence-electron chi connectivity index (χ1n) is 7.72. The summed E-state index contributed by atoms with van der Waals surface area (Å²) in [6, 6.07) is 4.81. The van der Waals surface area contributed by atoms with Gasteiger partial charge in [-0.15, -0.1) is 0 Å². The quantitative estimate of drug-likeness (QED) is 0.837. The van der Waals surface area contributed by atoms with Crippen LogP contribution in [0.25, 0.3) is 0 Å². The minimum Gasteiger partial charge on any atom is -0.338 e. The van der Waals surface area contributed by atoms with Crippen LogP contribution in [0.1, 0.15) is 43.4 Å². The summed E-state index contributed by atoms with van der Waals surface area (Å²) >= 11 is 11.8. The van der Waals surface area contributed by atoms with Crippen molar-refractivity contribution >= 4 is 34.8 Å². The van der Waals surface area contributed by atoms with Gasteiger partial charge < -0.3 is 9.84 Å². The highest BCUT2D eigenvalue weighted by atomic mass is 35.5. The van der Waals surface area contributed by atoms with Crippen molar-refractivity contribution in [3.63, 3.8) is 0 Å². The zero-order valence-electron chi connectivity index (χ0n) is 13.4. The molecule has 1 fully saturated rings. The number of hydrogen-bond acceptors (Lipinski definition) is 5. The van der Waals surface area contributed by atoms with E-state index in [4.69, 9.17) is 27.7 Å². The summed E-state index contributed by atoms with van der Waals surface area (Å²) in [6.45, 7) is 2.11. The molecule has 0 aliphatic heterocycles. The number of hydrogen-bond donors (Lipinski definition) is 1. The fourth-order valence-electron chi connectivity index (χ4n) is 2.25. The summed E-state index contributed by atoms with van der Waals surface area (Å²) in [5.74, 6) is 1.58. The second kappa shape index (κ2) is 7.09. The molecule has 1 N–H and O–H groups in total. The molecule has 128 valence electrons. The van der Waals surface area contributed by atoms with Crippen LogP contribution in [0.15, 0.2) is 22.7 Å². The lowest BCUT2D eigenvalue weighted by Crippen LogP contribution is -2.32. The first-order valence-corrected chi connectivity index (χ1v) is 8.48. The maximum absolute atomic E-state index is 12.2. The molecule has 0 spiro atoms. The highest BCUT2D eigenvalue weighted by Gasteiger charge is 2.30. The molecule has 0 saturated heterocycles. The SMILES string of the molecule is CC(c1nc(C2CC2)no1)N(C)CC(=O)Nc1ccc(Cl)c(Cl)c1. The zero-order chi connectivity index (χ0) is 17.3. The molecule has 1 aromatic heterocycles. The predicted molar refractivity (Wildman–Crippen MR) is 92.4 cm³/mol. The van der Waals surface area contributed by atoms with E-state index in [9.17, 15) is 4.79 Å². The Labute approximate surface area is 150 Å². The van der Waals surface area contributed by atoms with E-state index >= 15 is 0 Å². The smallest absolute Gasteiger partial charge is 0.243 e. The van der Waals surface area contributed by atoms with Crippen molar-refractivity contribution in [3.8, 4) is 0 Å². The highest BCUT2D eigenvalue weighted by Crippen LogP contribution is 2.38. The number of nitrogens with zero attached hydrogens (tertiary/aromatic N) is 3. The topological polar surface area (TPSA) is 71.3 Å². The zero-order valence-corrected chi connectivity index (χ0v) is 14.9. The molecule has 24 heavy (non-hydrogen) atoms. The van der Waals surface area contributed by atoms with Crippen LogP contribution in [-0.4, -0.2) is 34.5 Å². The fraction of sp³-hybridized carbons (Fsp3) is 0.438. The van der Waals surface area contributed by atoms with Gasteiger partial charge in [-0.3, -0.25) is 9.69 Å². The third-order valence-corrected chi connectivity index (χ3v) is 4.75. The van der Waals surface area contributed by atoms with Crippen molar-refractivity contribution in [2.45, 2.75) is 31.7 Å². The Hall–Kier alpha value is -1.63. The van der Waals surface area contributed by atoms with E-state index in [0.29, 0.717) is 27.5 Å². The third kappa shape index (κ3) is 4.06. The number of likely N-dealkylation sites (N-methyl/N-ethyl adjacent to an activating group) is 1. The molecule has 1 atom stereocenters. The Morgan fingerprint density at radius 1 is 1.42 bits per heavy atom. The maximum atomic E-state index is 12.2. The summed E-state index contributed by atoms with van der Waals surface area (Å²) in [5.41, 5.74) is 0.601. The van der Waals surface area contributed by atoms with Crippen LogP contribution in [0.5, 0.6) is 0 Å². The Morgan fingerprint density at radius 3 is 2.83 bits per heavy atom. The first-order chi connectivity index (χ1) is 11.4. The van der Waals surface area contributed by atoms with E-state index in [1.54, 1.807) is 18.2 Å². The standard InChI is InChI=1S/C16H18Cl2N4O2/c1-9(16-20-15(21-24-16)10-3-4-10)22(2)8-14(23)19-11-5-6-12(17)13(18)7-11/h5-7,9-10H,3-4,8H2,1-2H3,(H,19,23). The summed E-state index contributed by atoms with van der Waals surface area (Å²) in [5, 5.41) is 7.64. The molecular formula is C16H18Cl2N4O2. The molecule has 1 amide bonds. The van der Waals surface area contributed by atoms with Crippen LogP contribution in [0.3, 0.4) is 0 Å². The van der Waals surface area contributed by atoms with Gasteiger partial charge in [-0.05, 0) is 45.0 Å². The van der Waals surface area contributed by atoms with E-state index in [-0.39, 0.29) is 18.5 Å². The molecule has 2 aromatic rings. The highest BCUT2D eigenvalue weighted by molar-refractivity contribution is 6.42. The Kier molecular flexibility index (Phi) is 5.08. The van der Waals surface area contributed by atoms with Crippen LogP contribution in [0.2, 0.25) is 10.0 Å². The summed E-state index contributed by atoms with van der Waals surface area (Å²) in [4.78, 5) is 18.4. The lowest BCUT2D eigenvalue weighted by atomic mass is 10.2. The lowest BCUT2D eigenvalue weighted by molar-refractivity contribution is -0.117. The van der Waals surface area contributed by atoms with Crippen molar-refractivity contribution in [1.82, 2.24) is 15.0 Å². The van der Waals surface area contributed by atoms with Gasteiger partial charge in [0.1, 0.15) is 0 Å². The number of nitrogens with one attached hydrogen (secondary N) is 1. The number of benzene rings is 1. The second-order valence-electron chi connectivity index (χ2n) is 6.03. The van der Waals surface area contributed by atoms with E-state index in [1.807, 2.05) is 18.9 Å². The number of halogens is 2. The van der Waals surface area contributed by atoms with E-state index in [2.05, 4.69) is 15.5 Å². The van der Waals surface area contributed by atoms with Crippen LogP contribution in [0.4, 0.5) is 5.69 Å². The fourth-order valence-corrected chi connectivity index (χ4v) is 2.55. The second-order valence-corrected chi connectivity index (χ2v) is 6.85. The van der Waals surface area contributed by atoms with Crippen molar-refractivity contribution in [1.29, 1.82) is 0 Å². The molecule has 8 heteroatoms. The first kappa shape index (κ1) is 17.2. The summed E-state index contributed by atoms with van der Waals surface area (Å²) < 4.78 is 5.31. The number of anilines is 1. The lowest BCUT2D eigenvalue weighted by Gasteiger charge is -2.20. The van der Waals surface area contributed by atoms with Crippen molar-refractivity contribution in [2.24, 2.45) is 0 Å². The number of carbonyl (C=O) groups excluding carboxylic acids is 1. The van der Waals surface area contributed by atoms with E-state index in [1.165, 1.54) is 0 Å². The average molecular weight is 369 g/mol.